The quantitative estimate of drug-likeness (QED) is 0.384. The van der Waals surface area contributed by atoms with E-state index in [1.54, 1.807) is 0 Å². The summed E-state index contributed by atoms with van der Waals surface area (Å²) in [5.74, 6) is 5.78. The standard InChI is InChI=1S/C8H14N6O2/c1-5(2)3-10-7-6(14(15)16)4-11-8(12-7)13-9/h4-5H,3,9H2,1-2H3,(H2,10,11,12,13). The number of rotatable bonds is 5. The maximum absolute atomic E-state index is 10.7. The van der Waals surface area contributed by atoms with Gasteiger partial charge in [-0.05, 0) is 5.92 Å². The molecule has 0 amide bonds. The first kappa shape index (κ1) is 12.1. The lowest BCUT2D eigenvalue weighted by Gasteiger charge is -2.08. The molecule has 4 N–H and O–H groups in total. The Morgan fingerprint density at radius 1 is 1.62 bits per heavy atom. The lowest BCUT2D eigenvalue weighted by atomic mass is 10.2. The van der Waals surface area contributed by atoms with Crippen LogP contribution in [0.1, 0.15) is 13.8 Å². The van der Waals surface area contributed by atoms with Gasteiger partial charge in [0.2, 0.25) is 11.8 Å². The van der Waals surface area contributed by atoms with E-state index in [1.807, 2.05) is 13.8 Å². The highest BCUT2D eigenvalue weighted by Gasteiger charge is 2.16. The zero-order valence-corrected chi connectivity index (χ0v) is 9.10. The van der Waals surface area contributed by atoms with Gasteiger partial charge in [-0.3, -0.25) is 15.5 Å². The van der Waals surface area contributed by atoms with Gasteiger partial charge >= 0.3 is 5.69 Å². The van der Waals surface area contributed by atoms with Crippen molar-refractivity contribution in [2.75, 3.05) is 17.3 Å². The molecule has 0 radical (unpaired) electrons. The first-order valence-corrected chi connectivity index (χ1v) is 4.76. The minimum absolute atomic E-state index is 0.136. The van der Waals surface area contributed by atoms with Crippen LogP contribution in [-0.2, 0) is 0 Å². The van der Waals surface area contributed by atoms with Crippen LogP contribution in [0.3, 0.4) is 0 Å². The van der Waals surface area contributed by atoms with Crippen LogP contribution in [0.15, 0.2) is 6.20 Å². The molecular weight excluding hydrogens is 212 g/mol. The van der Waals surface area contributed by atoms with E-state index in [0.717, 1.165) is 6.20 Å². The molecule has 0 fully saturated rings. The molecule has 0 aliphatic rings. The Hall–Kier alpha value is -1.96. The van der Waals surface area contributed by atoms with Crippen LogP contribution in [0.4, 0.5) is 17.5 Å². The van der Waals surface area contributed by atoms with Gasteiger partial charge in [-0.15, -0.1) is 0 Å². The summed E-state index contributed by atoms with van der Waals surface area (Å²) in [6, 6.07) is 0. The van der Waals surface area contributed by atoms with Crippen molar-refractivity contribution in [2.45, 2.75) is 13.8 Å². The minimum atomic E-state index is -0.539. The number of nitrogens with zero attached hydrogens (tertiary/aromatic N) is 3. The lowest BCUT2D eigenvalue weighted by molar-refractivity contribution is -0.384. The van der Waals surface area contributed by atoms with Gasteiger partial charge in [-0.25, -0.2) is 10.8 Å². The van der Waals surface area contributed by atoms with Crippen molar-refractivity contribution in [1.82, 2.24) is 9.97 Å². The first-order chi connectivity index (χ1) is 7.54. The molecule has 0 aliphatic heterocycles. The van der Waals surface area contributed by atoms with Crippen molar-refractivity contribution in [3.8, 4) is 0 Å². The Bertz CT molecular complexity index is 381. The molecule has 1 heterocycles. The summed E-state index contributed by atoms with van der Waals surface area (Å²) >= 11 is 0. The second kappa shape index (κ2) is 5.21. The smallest absolute Gasteiger partial charge is 0.329 e. The Morgan fingerprint density at radius 3 is 2.81 bits per heavy atom. The van der Waals surface area contributed by atoms with Crippen LogP contribution in [0.5, 0.6) is 0 Å². The van der Waals surface area contributed by atoms with Crippen LogP contribution in [0, 0.1) is 16.0 Å². The molecule has 0 spiro atoms. The Morgan fingerprint density at radius 2 is 2.31 bits per heavy atom. The van der Waals surface area contributed by atoms with Crippen LogP contribution in [0.25, 0.3) is 0 Å². The molecule has 1 aromatic rings. The molecule has 0 aromatic carbocycles. The molecule has 0 bridgehead atoms. The van der Waals surface area contributed by atoms with Crippen molar-refractivity contribution in [2.24, 2.45) is 11.8 Å². The SMILES string of the molecule is CC(C)CNc1nc(NN)ncc1[N+](=O)[O-]. The molecule has 8 nitrogen and oxygen atoms in total. The summed E-state index contributed by atoms with van der Waals surface area (Å²) in [5.41, 5.74) is 2.07. The van der Waals surface area contributed by atoms with Gasteiger partial charge in [0, 0.05) is 6.54 Å². The van der Waals surface area contributed by atoms with Gasteiger partial charge in [-0.2, -0.15) is 4.98 Å². The van der Waals surface area contributed by atoms with Crippen molar-refractivity contribution < 1.29 is 4.92 Å². The van der Waals surface area contributed by atoms with Gasteiger partial charge in [-0.1, -0.05) is 13.8 Å². The Balaban J connectivity index is 2.96. The summed E-state index contributed by atoms with van der Waals surface area (Å²) in [6.45, 7) is 4.56. The van der Waals surface area contributed by atoms with E-state index in [-0.39, 0.29) is 17.5 Å². The molecule has 8 heteroatoms. The van der Waals surface area contributed by atoms with Crippen LogP contribution >= 0.6 is 0 Å². The van der Waals surface area contributed by atoms with Gasteiger partial charge in [0.15, 0.2) is 0 Å². The van der Waals surface area contributed by atoms with Crippen molar-refractivity contribution in [1.29, 1.82) is 0 Å². The van der Waals surface area contributed by atoms with E-state index in [1.165, 1.54) is 0 Å². The second-order valence-electron chi connectivity index (χ2n) is 3.60. The highest BCUT2D eigenvalue weighted by Crippen LogP contribution is 2.21. The molecule has 0 unspecified atom stereocenters. The summed E-state index contributed by atoms with van der Waals surface area (Å²) in [7, 11) is 0. The van der Waals surface area contributed by atoms with Gasteiger partial charge in [0.25, 0.3) is 0 Å². The average molecular weight is 226 g/mol. The van der Waals surface area contributed by atoms with E-state index in [2.05, 4.69) is 20.7 Å². The van der Waals surface area contributed by atoms with Gasteiger partial charge in [0.1, 0.15) is 6.20 Å². The molecule has 0 saturated heterocycles. The lowest BCUT2D eigenvalue weighted by Crippen LogP contribution is -2.15. The number of nitrogens with two attached hydrogens (primary N) is 1. The van der Waals surface area contributed by atoms with Crippen LogP contribution < -0.4 is 16.6 Å². The number of nitrogen functional groups attached to an aromatic ring is 1. The second-order valence-corrected chi connectivity index (χ2v) is 3.60. The number of hydrazine groups is 1. The number of nitro groups is 1. The highest BCUT2D eigenvalue weighted by atomic mass is 16.6. The van der Waals surface area contributed by atoms with E-state index in [0.29, 0.717) is 12.5 Å². The van der Waals surface area contributed by atoms with Gasteiger partial charge < -0.3 is 5.32 Å². The summed E-state index contributed by atoms with van der Waals surface area (Å²) in [5, 5.41) is 13.6. The molecule has 16 heavy (non-hydrogen) atoms. The van der Waals surface area contributed by atoms with E-state index >= 15 is 0 Å². The fraction of sp³-hybridized carbons (Fsp3) is 0.500. The topological polar surface area (TPSA) is 119 Å². The zero-order chi connectivity index (χ0) is 12.1. The predicted octanol–water partition coefficient (Wildman–Crippen LogP) is 0.738. The molecule has 0 saturated carbocycles. The van der Waals surface area contributed by atoms with Crippen molar-refractivity contribution in [3.63, 3.8) is 0 Å². The zero-order valence-electron chi connectivity index (χ0n) is 9.10. The molecule has 1 rings (SSSR count). The maximum atomic E-state index is 10.7. The summed E-state index contributed by atoms with van der Waals surface area (Å²) in [4.78, 5) is 17.7. The Kier molecular flexibility index (Phi) is 3.95. The third kappa shape index (κ3) is 3.02. The largest absolute Gasteiger partial charge is 0.364 e. The van der Waals surface area contributed by atoms with E-state index < -0.39 is 4.92 Å². The third-order valence-corrected chi connectivity index (χ3v) is 1.77. The molecule has 0 atom stereocenters. The van der Waals surface area contributed by atoms with E-state index in [9.17, 15) is 10.1 Å². The molecule has 0 aliphatic carbocycles. The fourth-order valence-electron chi connectivity index (χ4n) is 1.01. The van der Waals surface area contributed by atoms with E-state index in [4.69, 9.17) is 5.84 Å². The highest BCUT2D eigenvalue weighted by molar-refractivity contribution is 5.56. The fourth-order valence-corrected chi connectivity index (χ4v) is 1.01. The third-order valence-electron chi connectivity index (χ3n) is 1.77. The van der Waals surface area contributed by atoms with Crippen LogP contribution in [-0.4, -0.2) is 21.4 Å². The van der Waals surface area contributed by atoms with Gasteiger partial charge in [0.05, 0.1) is 4.92 Å². The monoisotopic (exact) mass is 226 g/mol. The predicted molar refractivity (Wildman–Crippen MR) is 59.8 cm³/mol. The summed E-state index contributed by atoms with van der Waals surface area (Å²) < 4.78 is 0. The molecule has 88 valence electrons. The number of aromatic nitrogens is 2. The maximum Gasteiger partial charge on any atom is 0.329 e. The van der Waals surface area contributed by atoms with Crippen molar-refractivity contribution in [3.05, 3.63) is 16.3 Å². The molecular formula is C8H14N6O2. The minimum Gasteiger partial charge on any atom is -0.364 e. The number of nitrogens with one attached hydrogen (secondary N) is 2. The van der Waals surface area contributed by atoms with Crippen LogP contribution in [0.2, 0.25) is 0 Å². The van der Waals surface area contributed by atoms with Crippen molar-refractivity contribution >= 4 is 17.5 Å². The Labute approximate surface area is 92.4 Å². The number of hydrogen-bond donors (Lipinski definition) is 3. The number of hydrogen-bond acceptors (Lipinski definition) is 7. The average Bonchev–Trinajstić information content (AvgIpc) is 2.25. The summed E-state index contributed by atoms with van der Waals surface area (Å²) in [6.07, 6.45) is 1.12. The molecule has 1 aromatic heterocycles. The normalized spacial score (nSPS) is 10.2. The first-order valence-electron chi connectivity index (χ1n) is 4.76. The number of anilines is 2.